The summed E-state index contributed by atoms with van der Waals surface area (Å²) in [6.07, 6.45) is 0.794. The van der Waals surface area contributed by atoms with Gasteiger partial charge in [-0.05, 0) is 51.0 Å². The summed E-state index contributed by atoms with van der Waals surface area (Å²) in [5.74, 6) is -0.443. The molecule has 3 rings (SSSR count). The predicted octanol–water partition coefficient (Wildman–Crippen LogP) is 3.99. The Morgan fingerprint density at radius 2 is 1.87 bits per heavy atom. The van der Waals surface area contributed by atoms with Crippen LogP contribution in [0.5, 0.6) is 0 Å². The molecule has 3 aromatic rings. The maximum absolute atomic E-state index is 12.6. The molecule has 0 bridgehead atoms. The van der Waals surface area contributed by atoms with E-state index in [2.05, 4.69) is 15.4 Å². The second-order valence-electron chi connectivity index (χ2n) is 7.24. The summed E-state index contributed by atoms with van der Waals surface area (Å²) < 4.78 is 1.80. The average molecular weight is 448 g/mol. The number of likely N-dealkylation sites (N-methyl/N-ethyl adjacent to an activating group) is 1. The molecule has 2 amide bonds. The second-order valence-corrected chi connectivity index (χ2v) is 8.06. The molecule has 7 nitrogen and oxygen atoms in total. The summed E-state index contributed by atoms with van der Waals surface area (Å²) in [5.41, 5.74) is 5.06. The van der Waals surface area contributed by atoms with E-state index < -0.39 is 0 Å². The van der Waals surface area contributed by atoms with E-state index in [1.165, 1.54) is 4.90 Å². The van der Waals surface area contributed by atoms with Crippen molar-refractivity contribution in [1.82, 2.24) is 19.5 Å². The summed E-state index contributed by atoms with van der Waals surface area (Å²) in [6, 6.07) is 6.75. The molecule has 0 aliphatic rings. The van der Waals surface area contributed by atoms with E-state index in [4.69, 9.17) is 23.2 Å². The first-order valence-corrected chi connectivity index (χ1v) is 10.2. The first-order valence-electron chi connectivity index (χ1n) is 9.47. The van der Waals surface area contributed by atoms with E-state index in [0.717, 1.165) is 28.3 Å². The SMILES string of the molecule is Cc1cc2nc(C)c(CCC(=O)N(C)CC(=O)Nc3ccc(Cl)c(Cl)c3)c(C)n2n1. The number of rotatable bonds is 6. The van der Waals surface area contributed by atoms with Crippen LogP contribution < -0.4 is 5.32 Å². The van der Waals surface area contributed by atoms with Gasteiger partial charge in [-0.3, -0.25) is 9.59 Å². The molecule has 1 N–H and O–H groups in total. The molecule has 158 valence electrons. The van der Waals surface area contributed by atoms with Crippen molar-refractivity contribution < 1.29 is 9.59 Å². The topological polar surface area (TPSA) is 79.6 Å². The van der Waals surface area contributed by atoms with E-state index in [-0.39, 0.29) is 24.8 Å². The molecular weight excluding hydrogens is 425 g/mol. The van der Waals surface area contributed by atoms with Gasteiger partial charge in [-0.25, -0.2) is 9.50 Å². The van der Waals surface area contributed by atoms with Crippen LogP contribution in [0.4, 0.5) is 5.69 Å². The Labute approximate surface area is 185 Å². The number of hydrogen-bond acceptors (Lipinski definition) is 4. The van der Waals surface area contributed by atoms with Gasteiger partial charge in [-0.15, -0.1) is 0 Å². The molecule has 0 fully saturated rings. The number of carbonyl (C=O) groups is 2. The molecule has 0 saturated carbocycles. The number of anilines is 1. The minimum absolute atomic E-state index is 0.0628. The normalized spacial score (nSPS) is 11.0. The summed E-state index contributed by atoms with van der Waals surface area (Å²) >= 11 is 11.8. The lowest BCUT2D eigenvalue weighted by Crippen LogP contribution is -2.35. The molecule has 2 aromatic heterocycles. The highest BCUT2D eigenvalue weighted by atomic mass is 35.5. The van der Waals surface area contributed by atoms with Gasteiger partial charge in [0.05, 0.1) is 22.3 Å². The van der Waals surface area contributed by atoms with Crippen LogP contribution in [0.3, 0.4) is 0 Å². The standard InChI is InChI=1S/C21H23Cl2N5O2/c1-12-9-19-24-13(2)16(14(3)28(19)26-12)6-8-21(30)27(4)11-20(29)25-15-5-7-17(22)18(23)10-15/h5,7,9-10H,6,8,11H2,1-4H3,(H,25,29). The molecule has 1 aromatic carbocycles. The molecule has 2 heterocycles. The van der Waals surface area contributed by atoms with Crippen LogP contribution in [0.2, 0.25) is 10.0 Å². The number of carbonyl (C=O) groups excluding carboxylic acids is 2. The molecule has 0 aliphatic carbocycles. The van der Waals surface area contributed by atoms with Gasteiger partial charge in [0, 0.05) is 36.6 Å². The quantitative estimate of drug-likeness (QED) is 0.619. The number of fused-ring (bicyclic) bond motifs is 1. The lowest BCUT2D eigenvalue weighted by Gasteiger charge is -2.18. The highest BCUT2D eigenvalue weighted by Crippen LogP contribution is 2.25. The third-order valence-electron chi connectivity index (χ3n) is 4.88. The molecule has 9 heteroatoms. The molecule has 0 spiro atoms. The Morgan fingerprint density at radius 1 is 1.13 bits per heavy atom. The van der Waals surface area contributed by atoms with E-state index in [1.807, 2.05) is 26.8 Å². The van der Waals surface area contributed by atoms with E-state index in [0.29, 0.717) is 22.2 Å². The van der Waals surface area contributed by atoms with E-state index in [1.54, 1.807) is 29.8 Å². The number of benzene rings is 1. The van der Waals surface area contributed by atoms with Crippen molar-refractivity contribution in [2.45, 2.75) is 33.6 Å². The third-order valence-corrected chi connectivity index (χ3v) is 5.62. The van der Waals surface area contributed by atoms with Crippen molar-refractivity contribution in [2.75, 3.05) is 18.9 Å². The monoisotopic (exact) mass is 447 g/mol. The fourth-order valence-corrected chi connectivity index (χ4v) is 3.60. The Hall–Kier alpha value is -2.64. The number of hydrogen-bond donors (Lipinski definition) is 1. The zero-order valence-electron chi connectivity index (χ0n) is 17.3. The molecule has 0 saturated heterocycles. The Balaban J connectivity index is 1.60. The third kappa shape index (κ3) is 4.91. The number of halogens is 2. The lowest BCUT2D eigenvalue weighted by molar-refractivity contribution is -0.133. The van der Waals surface area contributed by atoms with E-state index in [9.17, 15) is 9.59 Å². The molecule has 0 aliphatic heterocycles. The van der Waals surface area contributed by atoms with Crippen molar-refractivity contribution in [1.29, 1.82) is 0 Å². The van der Waals surface area contributed by atoms with Gasteiger partial charge in [-0.2, -0.15) is 5.10 Å². The lowest BCUT2D eigenvalue weighted by atomic mass is 10.1. The average Bonchev–Trinajstić information content (AvgIpc) is 3.04. The largest absolute Gasteiger partial charge is 0.336 e. The van der Waals surface area contributed by atoms with Crippen LogP contribution in [-0.4, -0.2) is 44.9 Å². The van der Waals surface area contributed by atoms with Gasteiger partial charge in [0.15, 0.2) is 5.65 Å². The maximum Gasteiger partial charge on any atom is 0.243 e. The number of nitrogens with zero attached hydrogens (tertiary/aromatic N) is 4. The summed E-state index contributed by atoms with van der Waals surface area (Å²) in [4.78, 5) is 30.8. The van der Waals surface area contributed by atoms with Crippen LogP contribution in [0, 0.1) is 20.8 Å². The number of amides is 2. The summed E-state index contributed by atoms with van der Waals surface area (Å²) in [5, 5.41) is 7.93. The Bertz CT molecular complexity index is 1130. The summed E-state index contributed by atoms with van der Waals surface area (Å²) in [6.45, 7) is 5.77. The fourth-order valence-electron chi connectivity index (χ4n) is 3.30. The fraction of sp³-hybridized carbons (Fsp3) is 0.333. The van der Waals surface area contributed by atoms with Crippen LogP contribution in [-0.2, 0) is 16.0 Å². The second kappa shape index (κ2) is 9.02. The van der Waals surface area contributed by atoms with Crippen molar-refractivity contribution in [3.8, 4) is 0 Å². The maximum atomic E-state index is 12.6. The Morgan fingerprint density at radius 3 is 2.57 bits per heavy atom. The van der Waals surface area contributed by atoms with Crippen LogP contribution in [0.1, 0.15) is 29.1 Å². The Kier molecular flexibility index (Phi) is 6.63. The van der Waals surface area contributed by atoms with Crippen molar-refractivity contribution >= 4 is 46.4 Å². The zero-order valence-corrected chi connectivity index (χ0v) is 18.8. The van der Waals surface area contributed by atoms with Crippen molar-refractivity contribution in [2.24, 2.45) is 0 Å². The van der Waals surface area contributed by atoms with Gasteiger partial charge in [0.2, 0.25) is 11.8 Å². The summed E-state index contributed by atoms with van der Waals surface area (Å²) in [7, 11) is 1.61. The molecule has 0 radical (unpaired) electrons. The molecule has 0 atom stereocenters. The smallest absolute Gasteiger partial charge is 0.243 e. The highest BCUT2D eigenvalue weighted by molar-refractivity contribution is 6.42. The van der Waals surface area contributed by atoms with Crippen LogP contribution >= 0.6 is 23.2 Å². The molecule has 0 unspecified atom stereocenters. The zero-order chi connectivity index (χ0) is 22.0. The predicted molar refractivity (Wildman–Crippen MR) is 118 cm³/mol. The number of aryl methyl sites for hydroxylation is 3. The van der Waals surface area contributed by atoms with Gasteiger partial charge in [-0.1, -0.05) is 23.2 Å². The van der Waals surface area contributed by atoms with Gasteiger partial charge in [0.25, 0.3) is 0 Å². The van der Waals surface area contributed by atoms with Crippen LogP contribution in [0.25, 0.3) is 5.65 Å². The van der Waals surface area contributed by atoms with Gasteiger partial charge in [0.1, 0.15) is 0 Å². The number of nitrogens with one attached hydrogen (secondary N) is 1. The van der Waals surface area contributed by atoms with Gasteiger partial charge >= 0.3 is 0 Å². The molecule has 30 heavy (non-hydrogen) atoms. The minimum Gasteiger partial charge on any atom is -0.336 e. The first-order chi connectivity index (χ1) is 14.2. The van der Waals surface area contributed by atoms with E-state index >= 15 is 0 Å². The highest BCUT2D eigenvalue weighted by Gasteiger charge is 2.16. The molecular formula is C21H23Cl2N5O2. The van der Waals surface area contributed by atoms with Crippen molar-refractivity contribution in [3.63, 3.8) is 0 Å². The number of aromatic nitrogens is 3. The first kappa shape index (κ1) is 22.1. The van der Waals surface area contributed by atoms with Crippen molar-refractivity contribution in [3.05, 3.63) is 57.0 Å². The minimum atomic E-state index is -0.313. The van der Waals surface area contributed by atoms with Gasteiger partial charge < -0.3 is 10.2 Å². The van der Waals surface area contributed by atoms with Crippen LogP contribution in [0.15, 0.2) is 24.3 Å².